The number of ether oxygens (including phenoxy) is 2. The number of nitrogens with zero attached hydrogens (tertiary/aromatic N) is 2. The molecule has 0 unspecified atom stereocenters. The van der Waals surface area contributed by atoms with E-state index in [-0.39, 0.29) is 12.5 Å². The van der Waals surface area contributed by atoms with E-state index in [2.05, 4.69) is 4.98 Å². The van der Waals surface area contributed by atoms with Gasteiger partial charge in [0.1, 0.15) is 0 Å². The van der Waals surface area contributed by atoms with Gasteiger partial charge in [0.25, 0.3) is 5.91 Å². The molecule has 6 nitrogen and oxygen atoms in total. The van der Waals surface area contributed by atoms with Crippen LogP contribution in [0.2, 0.25) is 0 Å². The number of nitrogen functional groups attached to an aromatic ring is 1. The maximum Gasteiger partial charge on any atom is 0.260 e. The highest BCUT2D eigenvalue weighted by Crippen LogP contribution is 2.16. The van der Waals surface area contributed by atoms with Crippen molar-refractivity contribution < 1.29 is 14.3 Å². The van der Waals surface area contributed by atoms with Gasteiger partial charge in [0.05, 0.1) is 13.2 Å². The summed E-state index contributed by atoms with van der Waals surface area (Å²) in [6.07, 6.45) is 1.58. The molecular weight excluding hydrogens is 222 g/mol. The third kappa shape index (κ3) is 3.07. The van der Waals surface area contributed by atoms with Crippen LogP contribution in [0, 0.1) is 0 Å². The van der Waals surface area contributed by atoms with Crippen LogP contribution in [0.15, 0.2) is 18.3 Å². The lowest BCUT2D eigenvalue weighted by Crippen LogP contribution is -2.43. The number of nitrogens with two attached hydrogens (primary N) is 1. The number of hydrogen-bond donors (Lipinski definition) is 1. The third-order valence-electron chi connectivity index (χ3n) is 2.51. The average Bonchev–Trinajstić information content (AvgIpc) is 2.38. The number of amides is 1. The minimum atomic E-state index is -0.0587. The number of aromatic nitrogens is 1. The van der Waals surface area contributed by atoms with Crippen LogP contribution < -0.4 is 10.5 Å². The molecule has 0 atom stereocenters. The van der Waals surface area contributed by atoms with Crippen molar-refractivity contribution in [2.24, 2.45) is 0 Å². The minimum absolute atomic E-state index is 0.0180. The van der Waals surface area contributed by atoms with Gasteiger partial charge < -0.3 is 20.1 Å². The number of hydrogen-bond acceptors (Lipinski definition) is 5. The van der Waals surface area contributed by atoms with Crippen LogP contribution in [-0.4, -0.2) is 48.7 Å². The van der Waals surface area contributed by atoms with Gasteiger partial charge >= 0.3 is 0 Å². The molecular formula is C11H15N3O3. The summed E-state index contributed by atoms with van der Waals surface area (Å²) < 4.78 is 10.5. The van der Waals surface area contributed by atoms with Gasteiger partial charge in [0, 0.05) is 19.3 Å². The first-order valence-electron chi connectivity index (χ1n) is 5.46. The van der Waals surface area contributed by atoms with Crippen LogP contribution in [0.25, 0.3) is 0 Å². The summed E-state index contributed by atoms with van der Waals surface area (Å²) >= 11 is 0. The summed E-state index contributed by atoms with van der Waals surface area (Å²) in [6, 6.07) is 3.40. The first kappa shape index (κ1) is 11.7. The molecule has 1 fully saturated rings. The normalized spacial score (nSPS) is 15.6. The second-order valence-electron chi connectivity index (χ2n) is 3.67. The van der Waals surface area contributed by atoms with Crippen molar-refractivity contribution in [3.05, 3.63) is 18.3 Å². The fraction of sp³-hybridized carbons (Fsp3) is 0.455. The van der Waals surface area contributed by atoms with Crippen molar-refractivity contribution in [3.8, 4) is 5.75 Å². The second-order valence-corrected chi connectivity index (χ2v) is 3.67. The zero-order valence-electron chi connectivity index (χ0n) is 9.46. The monoisotopic (exact) mass is 237 g/mol. The smallest absolute Gasteiger partial charge is 0.260 e. The van der Waals surface area contributed by atoms with Crippen LogP contribution in [0.1, 0.15) is 0 Å². The minimum Gasteiger partial charge on any atom is -0.480 e. The maximum atomic E-state index is 11.8. The molecule has 17 heavy (non-hydrogen) atoms. The Kier molecular flexibility index (Phi) is 3.77. The van der Waals surface area contributed by atoms with E-state index in [1.165, 1.54) is 0 Å². The number of carbonyl (C=O) groups excluding carboxylic acids is 1. The molecule has 1 aromatic rings. The average molecular weight is 237 g/mol. The standard InChI is InChI=1S/C11H15N3O3/c12-11-9(2-1-3-13-11)17-8-10(15)14-4-6-16-7-5-14/h1-3H,4-8H2,(H2,12,13). The molecule has 2 heterocycles. The first-order chi connectivity index (χ1) is 8.27. The molecule has 0 saturated carbocycles. The number of carbonyl (C=O) groups is 1. The van der Waals surface area contributed by atoms with Gasteiger partial charge in [0.2, 0.25) is 0 Å². The number of morpholine rings is 1. The summed E-state index contributed by atoms with van der Waals surface area (Å²) in [7, 11) is 0. The van der Waals surface area contributed by atoms with Crippen LogP contribution in [0.5, 0.6) is 5.75 Å². The second kappa shape index (κ2) is 5.49. The Morgan fingerprint density at radius 3 is 3.00 bits per heavy atom. The van der Waals surface area contributed by atoms with Gasteiger partial charge in [-0.25, -0.2) is 4.98 Å². The van der Waals surface area contributed by atoms with Crippen LogP contribution in [0.4, 0.5) is 5.82 Å². The molecule has 2 rings (SSSR count). The molecule has 0 bridgehead atoms. The molecule has 1 saturated heterocycles. The summed E-state index contributed by atoms with van der Waals surface area (Å²) in [6.45, 7) is 2.38. The van der Waals surface area contributed by atoms with E-state index in [1.54, 1.807) is 23.2 Å². The SMILES string of the molecule is Nc1ncccc1OCC(=O)N1CCOCC1. The fourth-order valence-electron chi connectivity index (χ4n) is 1.57. The molecule has 1 aliphatic heterocycles. The van der Waals surface area contributed by atoms with Crippen LogP contribution in [0.3, 0.4) is 0 Å². The molecule has 0 aromatic carbocycles. The largest absolute Gasteiger partial charge is 0.480 e. The third-order valence-corrected chi connectivity index (χ3v) is 2.51. The molecule has 1 aliphatic rings. The van der Waals surface area contributed by atoms with Crippen molar-refractivity contribution in [1.82, 2.24) is 9.88 Å². The predicted octanol–water partition coefficient (Wildman–Crippen LogP) is -0.0986. The van der Waals surface area contributed by atoms with Crippen molar-refractivity contribution in [2.45, 2.75) is 0 Å². The predicted molar refractivity (Wildman–Crippen MR) is 61.5 cm³/mol. The van der Waals surface area contributed by atoms with Gasteiger partial charge in [-0.15, -0.1) is 0 Å². The van der Waals surface area contributed by atoms with Crippen molar-refractivity contribution in [1.29, 1.82) is 0 Å². The summed E-state index contributed by atoms with van der Waals surface area (Å²) in [4.78, 5) is 17.4. The molecule has 0 aliphatic carbocycles. The summed E-state index contributed by atoms with van der Waals surface area (Å²) in [5, 5.41) is 0. The highest BCUT2D eigenvalue weighted by Gasteiger charge is 2.17. The van der Waals surface area contributed by atoms with Crippen LogP contribution in [-0.2, 0) is 9.53 Å². The molecule has 2 N–H and O–H groups in total. The Labute approximate surface area is 99.3 Å². The Morgan fingerprint density at radius 2 is 2.29 bits per heavy atom. The Hall–Kier alpha value is -1.82. The molecule has 1 aromatic heterocycles. The van der Waals surface area contributed by atoms with E-state index < -0.39 is 0 Å². The highest BCUT2D eigenvalue weighted by atomic mass is 16.5. The highest BCUT2D eigenvalue weighted by molar-refractivity contribution is 5.78. The quantitative estimate of drug-likeness (QED) is 0.794. The van der Waals surface area contributed by atoms with E-state index in [1.807, 2.05) is 0 Å². The maximum absolute atomic E-state index is 11.8. The first-order valence-corrected chi connectivity index (χ1v) is 5.46. The van der Waals surface area contributed by atoms with Crippen molar-refractivity contribution in [2.75, 3.05) is 38.6 Å². The van der Waals surface area contributed by atoms with E-state index in [9.17, 15) is 4.79 Å². The molecule has 92 valence electrons. The number of anilines is 1. The Balaban J connectivity index is 1.85. The van der Waals surface area contributed by atoms with Gasteiger partial charge in [-0.2, -0.15) is 0 Å². The van der Waals surface area contributed by atoms with Crippen molar-refractivity contribution in [3.63, 3.8) is 0 Å². The van der Waals surface area contributed by atoms with E-state index in [4.69, 9.17) is 15.2 Å². The fourth-order valence-corrected chi connectivity index (χ4v) is 1.57. The van der Waals surface area contributed by atoms with Gasteiger partial charge in [-0.05, 0) is 12.1 Å². The zero-order valence-corrected chi connectivity index (χ0v) is 9.46. The van der Waals surface area contributed by atoms with Gasteiger partial charge in [0.15, 0.2) is 18.2 Å². The Bertz CT molecular complexity index is 391. The number of pyridine rings is 1. The van der Waals surface area contributed by atoms with E-state index in [0.717, 1.165) is 0 Å². The Morgan fingerprint density at radius 1 is 1.53 bits per heavy atom. The van der Waals surface area contributed by atoms with Gasteiger partial charge in [-0.1, -0.05) is 0 Å². The van der Waals surface area contributed by atoms with E-state index in [0.29, 0.717) is 37.9 Å². The van der Waals surface area contributed by atoms with Crippen molar-refractivity contribution >= 4 is 11.7 Å². The van der Waals surface area contributed by atoms with Crippen LogP contribution >= 0.6 is 0 Å². The molecule has 0 radical (unpaired) electrons. The van der Waals surface area contributed by atoms with Gasteiger partial charge in [-0.3, -0.25) is 4.79 Å². The summed E-state index contributed by atoms with van der Waals surface area (Å²) in [5.41, 5.74) is 5.60. The zero-order chi connectivity index (χ0) is 12.1. The topological polar surface area (TPSA) is 77.7 Å². The molecule has 6 heteroatoms. The number of rotatable bonds is 3. The summed E-state index contributed by atoms with van der Waals surface area (Å²) in [5.74, 6) is 0.674. The lowest BCUT2D eigenvalue weighted by molar-refractivity contribution is -0.137. The lowest BCUT2D eigenvalue weighted by atomic mass is 10.4. The molecule has 0 spiro atoms. The molecule has 1 amide bonds. The van der Waals surface area contributed by atoms with E-state index >= 15 is 0 Å². The lowest BCUT2D eigenvalue weighted by Gasteiger charge is -2.26.